The van der Waals surface area contributed by atoms with E-state index in [4.69, 9.17) is 0 Å². The summed E-state index contributed by atoms with van der Waals surface area (Å²) in [6.45, 7) is 1.78. The zero-order valence-electron chi connectivity index (χ0n) is 13.8. The van der Waals surface area contributed by atoms with Crippen molar-refractivity contribution in [2.24, 2.45) is 5.92 Å². The van der Waals surface area contributed by atoms with E-state index < -0.39 is 6.10 Å². The molecule has 0 heterocycles. The summed E-state index contributed by atoms with van der Waals surface area (Å²) in [5, 5.41) is 22.7. The smallest absolute Gasteiger partial charge is 0.126 e. The molecule has 2 aromatic rings. The van der Waals surface area contributed by atoms with Gasteiger partial charge in [-0.2, -0.15) is 0 Å². The van der Waals surface area contributed by atoms with Crippen LogP contribution in [0.2, 0.25) is 0 Å². The molecule has 0 aliphatic heterocycles. The highest BCUT2D eigenvalue weighted by Crippen LogP contribution is 2.28. The first-order valence-electron chi connectivity index (χ1n) is 8.33. The van der Waals surface area contributed by atoms with E-state index in [1.807, 2.05) is 42.5 Å². The van der Waals surface area contributed by atoms with Crippen LogP contribution in [0.15, 0.2) is 66.8 Å². The van der Waals surface area contributed by atoms with Crippen LogP contribution in [-0.2, 0) is 6.42 Å². The number of phenolic OH excluding ortho intramolecular Hbond substituents is 1. The molecule has 0 saturated carbocycles. The van der Waals surface area contributed by atoms with Gasteiger partial charge in [0.25, 0.3) is 0 Å². The Kier molecular flexibility index (Phi) is 5.50. The van der Waals surface area contributed by atoms with Gasteiger partial charge in [-0.1, -0.05) is 75.3 Å². The zero-order chi connectivity index (χ0) is 16.9. The Morgan fingerprint density at radius 2 is 1.88 bits per heavy atom. The van der Waals surface area contributed by atoms with Gasteiger partial charge in [0.05, 0.1) is 6.10 Å². The minimum atomic E-state index is -0.502. The summed E-state index contributed by atoms with van der Waals surface area (Å²) in [5.74, 6) is 0.850. The van der Waals surface area contributed by atoms with Crippen molar-refractivity contribution in [3.63, 3.8) is 0 Å². The number of aliphatic hydroxyl groups excluding tert-OH is 1. The maximum Gasteiger partial charge on any atom is 0.126 e. The molecule has 24 heavy (non-hydrogen) atoms. The number of hydrogen-bond acceptors (Lipinski definition) is 2. The number of aromatic hydroxyl groups is 1. The first kappa shape index (κ1) is 17.0. The van der Waals surface area contributed by atoms with Crippen molar-refractivity contribution in [2.45, 2.75) is 25.9 Å². The molecule has 2 nitrogen and oxygen atoms in total. The van der Waals surface area contributed by atoms with Gasteiger partial charge in [0.2, 0.25) is 0 Å². The summed E-state index contributed by atoms with van der Waals surface area (Å²) in [4.78, 5) is 0. The van der Waals surface area contributed by atoms with Crippen LogP contribution in [-0.4, -0.2) is 10.2 Å². The third-order valence-corrected chi connectivity index (χ3v) is 5.75. The maximum absolute atomic E-state index is 10.7. The molecule has 2 N–H and O–H groups in total. The molecule has 3 atom stereocenters. The average molecular weight is 338 g/mol. The van der Waals surface area contributed by atoms with Crippen LogP contribution < -0.4 is 10.6 Å². The third-order valence-electron chi connectivity index (χ3n) is 4.35. The molecule has 1 aliphatic carbocycles. The molecule has 3 heteroatoms. The Hall–Kier alpha value is -1.89. The maximum atomic E-state index is 10.7. The van der Waals surface area contributed by atoms with Crippen molar-refractivity contribution in [3.05, 3.63) is 77.9 Å². The van der Waals surface area contributed by atoms with Crippen LogP contribution in [0.25, 0.3) is 0 Å². The highest BCUT2D eigenvalue weighted by molar-refractivity contribution is 7.55. The minimum absolute atomic E-state index is 0.334. The van der Waals surface area contributed by atoms with Gasteiger partial charge in [-0.15, -0.1) is 0 Å². The Labute approximate surface area is 145 Å². The molecule has 0 bridgehead atoms. The second kappa shape index (κ2) is 7.79. The van der Waals surface area contributed by atoms with Gasteiger partial charge in [0.1, 0.15) is 5.75 Å². The summed E-state index contributed by atoms with van der Waals surface area (Å²) < 4.78 is 0. The highest BCUT2D eigenvalue weighted by Gasteiger charge is 2.14. The van der Waals surface area contributed by atoms with Crippen molar-refractivity contribution >= 4 is 19.2 Å². The quantitative estimate of drug-likeness (QED) is 0.815. The van der Waals surface area contributed by atoms with Gasteiger partial charge in [-0.05, 0) is 42.1 Å². The van der Waals surface area contributed by atoms with E-state index >= 15 is 0 Å². The van der Waals surface area contributed by atoms with E-state index in [1.54, 1.807) is 6.92 Å². The first-order valence-corrected chi connectivity index (χ1v) is 9.33. The molecule has 0 amide bonds. The molecule has 124 valence electrons. The van der Waals surface area contributed by atoms with Crippen molar-refractivity contribution < 1.29 is 10.2 Å². The van der Waals surface area contributed by atoms with E-state index in [-0.39, 0.29) is 0 Å². The van der Waals surface area contributed by atoms with Crippen molar-refractivity contribution in [1.29, 1.82) is 0 Å². The summed E-state index contributed by atoms with van der Waals surface area (Å²) in [7, 11) is 0.334. The molecule has 0 saturated heterocycles. The predicted octanol–water partition coefficient (Wildman–Crippen LogP) is 3.75. The lowest BCUT2D eigenvalue weighted by molar-refractivity contribution is 0.200. The van der Waals surface area contributed by atoms with E-state index in [1.165, 1.54) is 0 Å². The number of aliphatic hydroxyl groups is 1. The highest BCUT2D eigenvalue weighted by atomic mass is 31.1. The monoisotopic (exact) mass is 338 g/mol. The fourth-order valence-corrected chi connectivity index (χ4v) is 4.41. The topological polar surface area (TPSA) is 40.5 Å². The molecule has 3 rings (SSSR count). The van der Waals surface area contributed by atoms with Crippen LogP contribution in [0.4, 0.5) is 0 Å². The second-order valence-corrected chi connectivity index (χ2v) is 7.54. The number of benzene rings is 2. The standard InChI is InChI=1S/C21H23O2P/c1-15(22)18-11-5-6-12-19(18)24-20-13-7-10-17(21(20)23)14-16-8-3-2-4-9-16/h2-8,10-13,15-16,22-24H,9,14H2,1H3. The zero-order valence-corrected chi connectivity index (χ0v) is 14.8. The van der Waals surface area contributed by atoms with Gasteiger partial charge in [-0.25, -0.2) is 0 Å². The summed E-state index contributed by atoms with van der Waals surface area (Å²) in [5.41, 5.74) is 1.93. The Bertz CT molecular complexity index is 762. The predicted molar refractivity (Wildman–Crippen MR) is 103 cm³/mol. The normalized spacial score (nSPS) is 18.3. The summed E-state index contributed by atoms with van der Waals surface area (Å²) in [6.07, 6.45) is 9.90. The molecular weight excluding hydrogens is 315 g/mol. The lowest BCUT2D eigenvalue weighted by atomic mass is 9.93. The van der Waals surface area contributed by atoms with E-state index in [2.05, 4.69) is 24.3 Å². The number of phenols is 1. The Morgan fingerprint density at radius 3 is 2.62 bits per heavy atom. The third kappa shape index (κ3) is 3.95. The number of hydrogen-bond donors (Lipinski definition) is 2. The summed E-state index contributed by atoms with van der Waals surface area (Å²) in [6, 6.07) is 13.9. The van der Waals surface area contributed by atoms with E-state index in [9.17, 15) is 10.2 Å². The fraction of sp³-hybridized carbons (Fsp3) is 0.238. The van der Waals surface area contributed by atoms with Gasteiger partial charge < -0.3 is 10.2 Å². The molecule has 1 aliphatic rings. The van der Waals surface area contributed by atoms with E-state index in [0.29, 0.717) is 20.2 Å². The van der Waals surface area contributed by atoms with Crippen molar-refractivity contribution in [3.8, 4) is 5.75 Å². The molecule has 3 unspecified atom stereocenters. The first-order chi connectivity index (χ1) is 11.6. The molecular formula is C21H23O2P. The largest absolute Gasteiger partial charge is 0.507 e. The van der Waals surface area contributed by atoms with Crippen molar-refractivity contribution in [1.82, 2.24) is 0 Å². The molecule has 2 aromatic carbocycles. The van der Waals surface area contributed by atoms with Gasteiger partial charge in [0, 0.05) is 5.30 Å². The minimum Gasteiger partial charge on any atom is -0.507 e. The SMILES string of the molecule is CC(O)c1ccccc1Pc1cccc(CC2C=CC=CC2)c1O. The lowest BCUT2D eigenvalue weighted by Crippen LogP contribution is -2.12. The van der Waals surface area contributed by atoms with Crippen LogP contribution in [0.5, 0.6) is 5.75 Å². The Morgan fingerprint density at radius 1 is 1.08 bits per heavy atom. The van der Waals surface area contributed by atoms with Crippen LogP contribution >= 0.6 is 8.58 Å². The van der Waals surface area contributed by atoms with Gasteiger partial charge >= 0.3 is 0 Å². The number of rotatable bonds is 5. The van der Waals surface area contributed by atoms with E-state index in [0.717, 1.165) is 34.6 Å². The number of para-hydroxylation sites is 1. The molecule has 0 aromatic heterocycles. The number of allylic oxidation sites excluding steroid dienone is 4. The van der Waals surface area contributed by atoms with Gasteiger partial charge in [0.15, 0.2) is 0 Å². The molecule has 0 fully saturated rings. The van der Waals surface area contributed by atoms with Crippen LogP contribution in [0.3, 0.4) is 0 Å². The van der Waals surface area contributed by atoms with Gasteiger partial charge in [-0.3, -0.25) is 0 Å². The fourth-order valence-electron chi connectivity index (χ4n) is 3.04. The van der Waals surface area contributed by atoms with Crippen LogP contribution in [0, 0.1) is 5.92 Å². The molecule has 0 spiro atoms. The second-order valence-electron chi connectivity index (χ2n) is 6.21. The summed E-state index contributed by atoms with van der Waals surface area (Å²) >= 11 is 0. The lowest BCUT2D eigenvalue weighted by Gasteiger charge is -2.17. The average Bonchev–Trinajstić information content (AvgIpc) is 2.60. The Balaban J connectivity index is 1.83. The van der Waals surface area contributed by atoms with Crippen LogP contribution in [0.1, 0.15) is 30.6 Å². The van der Waals surface area contributed by atoms with Crippen molar-refractivity contribution in [2.75, 3.05) is 0 Å². The molecule has 0 radical (unpaired) electrons.